The van der Waals surface area contributed by atoms with Gasteiger partial charge in [0.05, 0.1) is 18.0 Å². The van der Waals surface area contributed by atoms with Gasteiger partial charge in [-0.2, -0.15) is 5.10 Å². The fourth-order valence-corrected chi connectivity index (χ4v) is 3.07. The van der Waals surface area contributed by atoms with Crippen LogP contribution in [0.25, 0.3) is 0 Å². The lowest BCUT2D eigenvalue weighted by molar-refractivity contribution is 0.766. The van der Waals surface area contributed by atoms with E-state index in [2.05, 4.69) is 39.7 Å². The zero-order valence-electron chi connectivity index (χ0n) is 10.8. The van der Waals surface area contributed by atoms with Gasteiger partial charge in [0.1, 0.15) is 0 Å². The summed E-state index contributed by atoms with van der Waals surface area (Å²) in [7, 11) is 1.93. The molecule has 1 aromatic carbocycles. The van der Waals surface area contributed by atoms with E-state index in [0.717, 1.165) is 18.3 Å². The second kappa shape index (κ2) is 5.48. The highest BCUT2D eigenvalue weighted by Crippen LogP contribution is 2.34. The third kappa shape index (κ3) is 2.98. The number of nitrogens with one attached hydrogen (secondary N) is 1. The Morgan fingerprint density at radius 3 is 2.95 bits per heavy atom. The summed E-state index contributed by atoms with van der Waals surface area (Å²) >= 11 is 1.80. The first-order valence-electron chi connectivity index (χ1n) is 6.29. The summed E-state index contributed by atoms with van der Waals surface area (Å²) in [6.07, 6.45) is 3.89. The van der Waals surface area contributed by atoms with Crippen LogP contribution in [-0.4, -0.2) is 21.5 Å². The molecule has 0 saturated carbocycles. The Balaban J connectivity index is 1.54. The van der Waals surface area contributed by atoms with Crippen molar-refractivity contribution in [1.29, 1.82) is 0 Å². The molecule has 0 saturated heterocycles. The average Bonchev–Trinajstić information content (AvgIpc) is 3.06. The molecule has 1 N–H and O–H groups in total. The van der Waals surface area contributed by atoms with E-state index in [1.165, 1.54) is 11.1 Å². The van der Waals surface area contributed by atoms with Crippen molar-refractivity contribution in [2.45, 2.75) is 11.8 Å². The van der Waals surface area contributed by atoms with Gasteiger partial charge < -0.3 is 5.32 Å². The van der Waals surface area contributed by atoms with Crippen LogP contribution in [0.15, 0.2) is 47.7 Å². The van der Waals surface area contributed by atoms with Gasteiger partial charge in [-0.15, -0.1) is 0 Å². The Kier molecular flexibility index (Phi) is 3.55. The molecule has 0 amide bonds. The molecular weight excluding hydrogens is 256 g/mol. The van der Waals surface area contributed by atoms with E-state index in [1.807, 2.05) is 30.2 Å². The number of hydrogen-bond donors (Lipinski definition) is 1. The Morgan fingerprint density at radius 1 is 1.37 bits per heavy atom. The van der Waals surface area contributed by atoms with Crippen molar-refractivity contribution < 1.29 is 0 Å². The van der Waals surface area contributed by atoms with Crippen molar-refractivity contribution in [2.24, 2.45) is 12.0 Å². The van der Waals surface area contributed by atoms with E-state index in [4.69, 9.17) is 0 Å². The van der Waals surface area contributed by atoms with E-state index in [1.54, 1.807) is 11.8 Å². The largest absolute Gasteiger partial charge is 0.361 e. The highest BCUT2D eigenvalue weighted by atomic mass is 32.2. The summed E-state index contributed by atoms with van der Waals surface area (Å²) in [4.78, 5) is 4.56. The molecule has 5 heteroatoms. The summed E-state index contributed by atoms with van der Waals surface area (Å²) in [5, 5.41) is 8.99. The molecule has 0 fully saturated rings. The number of aliphatic imine (C=N–C) groups is 1. The maximum atomic E-state index is 4.56. The first-order chi connectivity index (χ1) is 9.31. The molecule has 0 aliphatic carbocycles. The minimum Gasteiger partial charge on any atom is -0.361 e. The Bertz CT molecular complexity index is 576. The molecule has 1 aliphatic heterocycles. The van der Waals surface area contributed by atoms with Gasteiger partial charge in [-0.1, -0.05) is 42.1 Å². The second-order valence-electron chi connectivity index (χ2n) is 4.54. The first-order valence-corrected chi connectivity index (χ1v) is 7.16. The predicted octanol–water partition coefficient (Wildman–Crippen LogP) is 2.35. The van der Waals surface area contributed by atoms with Crippen molar-refractivity contribution in [3.8, 4) is 0 Å². The van der Waals surface area contributed by atoms with Gasteiger partial charge in [0.25, 0.3) is 0 Å². The second-order valence-corrected chi connectivity index (χ2v) is 5.73. The van der Waals surface area contributed by atoms with Crippen LogP contribution in [0.1, 0.15) is 16.4 Å². The molecular formula is C14H16N4S. The van der Waals surface area contributed by atoms with Gasteiger partial charge in [0.15, 0.2) is 5.17 Å². The smallest absolute Gasteiger partial charge is 0.157 e. The standard InChI is InChI=1S/C14H16N4S/c1-18-10-11(8-17-18)7-15-14-16-9-13(19-14)12-5-3-2-4-6-12/h2-6,8,10,13H,7,9H2,1H3,(H,15,16). The molecule has 1 aliphatic rings. The molecule has 0 spiro atoms. The van der Waals surface area contributed by atoms with Gasteiger partial charge in [-0.25, -0.2) is 0 Å². The summed E-state index contributed by atoms with van der Waals surface area (Å²) in [6.45, 7) is 1.63. The van der Waals surface area contributed by atoms with E-state index in [-0.39, 0.29) is 0 Å². The zero-order valence-corrected chi connectivity index (χ0v) is 11.6. The van der Waals surface area contributed by atoms with Crippen molar-refractivity contribution in [3.63, 3.8) is 0 Å². The number of aryl methyl sites for hydroxylation is 1. The minimum atomic E-state index is 0.442. The minimum absolute atomic E-state index is 0.442. The lowest BCUT2D eigenvalue weighted by Crippen LogP contribution is -2.17. The molecule has 4 nitrogen and oxygen atoms in total. The highest BCUT2D eigenvalue weighted by Gasteiger charge is 2.20. The number of amidine groups is 1. The van der Waals surface area contributed by atoms with Gasteiger partial charge in [-0.05, 0) is 5.56 Å². The lowest BCUT2D eigenvalue weighted by Gasteiger charge is -2.08. The zero-order chi connectivity index (χ0) is 13.1. The van der Waals surface area contributed by atoms with Crippen molar-refractivity contribution >= 4 is 16.9 Å². The average molecular weight is 272 g/mol. The topological polar surface area (TPSA) is 42.2 Å². The van der Waals surface area contributed by atoms with Crippen molar-refractivity contribution in [3.05, 3.63) is 53.9 Å². The van der Waals surface area contributed by atoms with E-state index >= 15 is 0 Å². The third-order valence-electron chi connectivity index (χ3n) is 3.03. The molecule has 19 heavy (non-hydrogen) atoms. The van der Waals surface area contributed by atoms with Crippen LogP contribution in [0, 0.1) is 0 Å². The van der Waals surface area contributed by atoms with Crippen LogP contribution in [-0.2, 0) is 13.6 Å². The van der Waals surface area contributed by atoms with Gasteiger partial charge in [0.2, 0.25) is 0 Å². The number of rotatable bonds is 3. The molecule has 1 unspecified atom stereocenters. The lowest BCUT2D eigenvalue weighted by atomic mass is 10.1. The van der Waals surface area contributed by atoms with Crippen LogP contribution in [0.5, 0.6) is 0 Å². The number of benzene rings is 1. The van der Waals surface area contributed by atoms with Crippen LogP contribution in [0.4, 0.5) is 0 Å². The van der Waals surface area contributed by atoms with Crippen LogP contribution < -0.4 is 5.32 Å². The number of nitrogens with zero attached hydrogens (tertiary/aromatic N) is 3. The fourth-order valence-electron chi connectivity index (χ4n) is 2.05. The maximum absolute atomic E-state index is 4.56. The SMILES string of the molecule is Cn1cc(CNC2=NCC(c3ccccc3)S2)cn1. The van der Waals surface area contributed by atoms with Crippen molar-refractivity contribution in [1.82, 2.24) is 15.1 Å². The van der Waals surface area contributed by atoms with Gasteiger partial charge >= 0.3 is 0 Å². The maximum Gasteiger partial charge on any atom is 0.157 e. The van der Waals surface area contributed by atoms with Crippen LogP contribution >= 0.6 is 11.8 Å². The molecule has 1 aromatic heterocycles. The highest BCUT2D eigenvalue weighted by molar-refractivity contribution is 8.14. The van der Waals surface area contributed by atoms with Crippen LogP contribution in [0.2, 0.25) is 0 Å². The summed E-state index contributed by atoms with van der Waals surface area (Å²) in [5.74, 6) is 0. The molecule has 3 rings (SSSR count). The molecule has 0 radical (unpaired) electrons. The Labute approximate surface area is 116 Å². The molecule has 98 valence electrons. The normalized spacial score (nSPS) is 18.4. The Morgan fingerprint density at radius 2 is 2.21 bits per heavy atom. The summed E-state index contributed by atoms with van der Waals surface area (Å²) in [5.41, 5.74) is 2.52. The molecule has 2 aromatic rings. The molecule has 2 heterocycles. The monoisotopic (exact) mass is 272 g/mol. The van der Waals surface area contributed by atoms with E-state index in [9.17, 15) is 0 Å². The Hall–Kier alpha value is -1.75. The molecule has 0 bridgehead atoms. The van der Waals surface area contributed by atoms with Crippen molar-refractivity contribution in [2.75, 3.05) is 6.54 Å². The van der Waals surface area contributed by atoms with E-state index in [0.29, 0.717) is 5.25 Å². The molecule has 1 atom stereocenters. The first kappa shape index (κ1) is 12.3. The van der Waals surface area contributed by atoms with E-state index < -0.39 is 0 Å². The number of hydrogen-bond acceptors (Lipinski definition) is 4. The van der Waals surface area contributed by atoms with Crippen LogP contribution in [0.3, 0.4) is 0 Å². The summed E-state index contributed by atoms with van der Waals surface area (Å²) in [6, 6.07) is 10.5. The summed E-state index contributed by atoms with van der Waals surface area (Å²) < 4.78 is 1.81. The quantitative estimate of drug-likeness (QED) is 0.932. The number of aromatic nitrogens is 2. The fraction of sp³-hybridized carbons (Fsp3) is 0.286. The third-order valence-corrected chi connectivity index (χ3v) is 4.23. The number of thioether (sulfide) groups is 1. The predicted molar refractivity (Wildman–Crippen MR) is 79.1 cm³/mol. The van der Waals surface area contributed by atoms with Gasteiger partial charge in [-0.3, -0.25) is 9.67 Å². The van der Waals surface area contributed by atoms with Gasteiger partial charge in [0, 0.05) is 25.4 Å².